The average Bonchev–Trinajstić information content (AvgIpc) is 2.04. The minimum absolute atomic E-state index is 0.130. The van der Waals surface area contributed by atoms with Crippen LogP contribution in [-0.4, -0.2) is 15.8 Å². The molecule has 0 aromatic rings. The fraction of sp³-hybridized carbons (Fsp3) is 0.125. The van der Waals surface area contributed by atoms with E-state index in [1.807, 2.05) is 13.0 Å². The first kappa shape index (κ1) is 7.60. The van der Waals surface area contributed by atoms with Crippen molar-refractivity contribution in [3.05, 3.63) is 41.2 Å². The molecule has 0 fully saturated rings. The largest absolute Gasteiger partial charge is 0.417 e. The van der Waals surface area contributed by atoms with E-state index in [-0.39, 0.29) is 10.6 Å². The second-order valence-corrected chi connectivity index (χ2v) is 2.12. The van der Waals surface area contributed by atoms with E-state index in [2.05, 4.69) is 0 Å². The molecule has 0 bridgehead atoms. The van der Waals surface area contributed by atoms with E-state index in [9.17, 15) is 5.21 Å². The van der Waals surface area contributed by atoms with Gasteiger partial charge in [-0.3, -0.25) is 5.21 Å². The second-order valence-electron chi connectivity index (χ2n) is 2.12. The molecule has 0 spiro atoms. The quantitative estimate of drug-likeness (QED) is 0.323. The first-order valence-electron chi connectivity index (χ1n) is 3.30. The molecule has 0 aliphatic heterocycles. The lowest BCUT2D eigenvalue weighted by Crippen LogP contribution is -2.12. The Bertz CT molecular complexity index is 268. The lowest BCUT2D eigenvalue weighted by atomic mass is 10.1. The van der Waals surface area contributed by atoms with Crippen LogP contribution in [0.2, 0.25) is 0 Å². The molecule has 1 rings (SSSR count). The summed E-state index contributed by atoms with van der Waals surface area (Å²) < 4.78 is 0. The van der Waals surface area contributed by atoms with Crippen LogP contribution in [-0.2, 0) is 0 Å². The van der Waals surface area contributed by atoms with Gasteiger partial charge in [0.15, 0.2) is 0 Å². The molecule has 3 heteroatoms. The highest BCUT2D eigenvalue weighted by Crippen LogP contribution is 2.06. The fourth-order valence-electron chi connectivity index (χ4n) is 0.906. The molecule has 0 aromatic carbocycles. The highest BCUT2D eigenvalue weighted by molar-refractivity contribution is 6.08. The van der Waals surface area contributed by atoms with E-state index in [1.54, 1.807) is 24.3 Å². The zero-order valence-corrected chi connectivity index (χ0v) is 6.19. The Kier molecular flexibility index (Phi) is 2.11. The standard InChI is InChI=1S/C8H9NO2/c1-2-7-5-3-4-6-8(7)9(10)11/h2-6H,1H3,(H,10,11)/b7-2-. The highest BCUT2D eigenvalue weighted by Gasteiger charge is 2.12. The van der Waals surface area contributed by atoms with Gasteiger partial charge in [0.05, 0.1) is 0 Å². The summed E-state index contributed by atoms with van der Waals surface area (Å²) in [5.41, 5.74) is 1.00. The molecule has 0 aromatic heterocycles. The van der Waals surface area contributed by atoms with Gasteiger partial charge in [-0.2, -0.15) is 0 Å². The van der Waals surface area contributed by atoms with Crippen LogP contribution in [0.25, 0.3) is 0 Å². The van der Waals surface area contributed by atoms with Crippen molar-refractivity contribution in [1.82, 2.24) is 0 Å². The lowest BCUT2D eigenvalue weighted by molar-refractivity contribution is -0.725. The van der Waals surface area contributed by atoms with Gasteiger partial charge < -0.3 is 5.21 Å². The van der Waals surface area contributed by atoms with Crippen LogP contribution in [0.4, 0.5) is 0 Å². The van der Waals surface area contributed by atoms with Gasteiger partial charge in [-0.25, -0.2) is 0 Å². The number of allylic oxidation sites excluding steroid dienone is 6. The van der Waals surface area contributed by atoms with Gasteiger partial charge in [0, 0.05) is 16.6 Å². The molecule has 0 heterocycles. The summed E-state index contributed by atoms with van der Waals surface area (Å²) in [6.45, 7) is 1.81. The van der Waals surface area contributed by atoms with Crippen molar-refractivity contribution in [2.45, 2.75) is 6.92 Å². The monoisotopic (exact) mass is 151 g/mol. The normalized spacial score (nSPS) is 24.3. The molecule has 1 N–H and O–H groups in total. The van der Waals surface area contributed by atoms with E-state index in [0.29, 0.717) is 0 Å². The number of hydrogen-bond acceptors (Lipinski definition) is 2. The summed E-state index contributed by atoms with van der Waals surface area (Å²) in [6.07, 6.45) is 8.58. The fourth-order valence-corrected chi connectivity index (χ4v) is 0.906. The topological polar surface area (TPSA) is 46.3 Å². The molecular weight excluding hydrogens is 142 g/mol. The van der Waals surface area contributed by atoms with Gasteiger partial charge in [0.25, 0.3) is 5.71 Å². The van der Waals surface area contributed by atoms with E-state index in [1.165, 1.54) is 0 Å². The summed E-state index contributed by atoms with van der Waals surface area (Å²) in [7, 11) is 0. The molecule has 1 aliphatic rings. The maximum Gasteiger partial charge on any atom is 0.274 e. The second kappa shape index (κ2) is 3.05. The first-order chi connectivity index (χ1) is 5.25. The van der Waals surface area contributed by atoms with Crippen LogP contribution in [0, 0.1) is 5.21 Å². The Morgan fingerprint density at radius 2 is 2.09 bits per heavy atom. The van der Waals surface area contributed by atoms with E-state index in [0.717, 1.165) is 5.57 Å². The van der Waals surface area contributed by atoms with Gasteiger partial charge >= 0.3 is 0 Å². The van der Waals surface area contributed by atoms with Crippen LogP contribution in [0.3, 0.4) is 0 Å². The summed E-state index contributed by atoms with van der Waals surface area (Å²) in [5.74, 6) is 0. The van der Waals surface area contributed by atoms with Crippen LogP contribution in [0.1, 0.15) is 6.92 Å². The van der Waals surface area contributed by atoms with Gasteiger partial charge in [0.1, 0.15) is 0 Å². The smallest absolute Gasteiger partial charge is 0.274 e. The maximum absolute atomic E-state index is 10.5. The average molecular weight is 151 g/mol. The molecule has 0 atom stereocenters. The van der Waals surface area contributed by atoms with Gasteiger partial charge in [-0.15, -0.1) is 0 Å². The number of rotatable bonds is 0. The van der Waals surface area contributed by atoms with Crippen LogP contribution in [0.5, 0.6) is 0 Å². The molecule has 58 valence electrons. The van der Waals surface area contributed by atoms with E-state index in [4.69, 9.17) is 5.21 Å². The van der Waals surface area contributed by atoms with Crippen molar-refractivity contribution >= 4 is 5.71 Å². The van der Waals surface area contributed by atoms with Crippen molar-refractivity contribution in [2.75, 3.05) is 0 Å². The summed E-state index contributed by atoms with van der Waals surface area (Å²) in [5, 5.41) is 19.1. The maximum atomic E-state index is 10.5. The van der Waals surface area contributed by atoms with Crippen molar-refractivity contribution < 1.29 is 10.1 Å². The molecule has 0 saturated heterocycles. The lowest BCUT2D eigenvalue weighted by Gasteiger charge is -2.00. The third-order valence-corrected chi connectivity index (χ3v) is 1.45. The zero-order chi connectivity index (χ0) is 8.27. The molecule has 3 nitrogen and oxygen atoms in total. The van der Waals surface area contributed by atoms with Crippen LogP contribution >= 0.6 is 0 Å². The molecule has 11 heavy (non-hydrogen) atoms. The first-order valence-corrected chi connectivity index (χ1v) is 3.30. The van der Waals surface area contributed by atoms with Gasteiger partial charge in [0.2, 0.25) is 0 Å². The van der Waals surface area contributed by atoms with Crippen LogP contribution in [0.15, 0.2) is 36.0 Å². The van der Waals surface area contributed by atoms with E-state index < -0.39 is 0 Å². The minimum Gasteiger partial charge on any atom is -0.417 e. The van der Waals surface area contributed by atoms with E-state index >= 15 is 0 Å². The third kappa shape index (κ3) is 1.49. The molecule has 0 radical (unpaired) electrons. The van der Waals surface area contributed by atoms with Crippen LogP contribution < -0.4 is 0 Å². The van der Waals surface area contributed by atoms with Gasteiger partial charge in [-0.1, -0.05) is 18.2 Å². The van der Waals surface area contributed by atoms with Crippen molar-refractivity contribution in [1.29, 1.82) is 0 Å². The van der Waals surface area contributed by atoms with Crippen molar-refractivity contribution in [3.8, 4) is 0 Å². The minimum atomic E-state index is -0.130. The Balaban J connectivity index is 3.08. The summed E-state index contributed by atoms with van der Waals surface area (Å²) in [4.78, 5) is -0.130. The predicted molar refractivity (Wildman–Crippen MR) is 42.5 cm³/mol. The molecule has 0 unspecified atom stereocenters. The SMILES string of the molecule is C/C=C1/C=CC=C/C1=[N+](/[O-])O. The highest BCUT2D eigenvalue weighted by atomic mass is 16.8. The molecule has 0 amide bonds. The third-order valence-electron chi connectivity index (χ3n) is 1.45. The molecular formula is C8H9NO2. The number of nitrogens with zero attached hydrogens (tertiary/aromatic N) is 1. The summed E-state index contributed by atoms with van der Waals surface area (Å²) >= 11 is 0. The van der Waals surface area contributed by atoms with Crippen molar-refractivity contribution in [3.63, 3.8) is 0 Å². The Labute approximate surface area is 64.8 Å². The van der Waals surface area contributed by atoms with Gasteiger partial charge in [-0.05, 0) is 13.0 Å². The molecule has 0 saturated carbocycles. The molecule has 1 aliphatic carbocycles. The Morgan fingerprint density at radius 3 is 2.55 bits per heavy atom. The Morgan fingerprint density at radius 1 is 1.45 bits per heavy atom. The zero-order valence-electron chi connectivity index (χ0n) is 6.19. The summed E-state index contributed by atoms with van der Waals surface area (Å²) in [6, 6.07) is 0. The predicted octanol–water partition coefficient (Wildman–Crippen LogP) is 1.40. The Hall–Kier alpha value is -1.51. The van der Waals surface area contributed by atoms with Crippen molar-refractivity contribution in [2.24, 2.45) is 0 Å². The number of hydrogen-bond donors (Lipinski definition) is 1.